The van der Waals surface area contributed by atoms with Crippen molar-refractivity contribution >= 4 is 11.6 Å². The van der Waals surface area contributed by atoms with E-state index in [4.69, 9.17) is 9.47 Å². The van der Waals surface area contributed by atoms with Crippen LogP contribution < -0.4 is 19.9 Å². The minimum Gasteiger partial charge on any atom is -0.454 e. The highest BCUT2D eigenvalue weighted by atomic mass is 16.7. The van der Waals surface area contributed by atoms with Gasteiger partial charge >= 0.3 is 0 Å². The Hall–Kier alpha value is -2.83. The molecule has 102 valence electrons. The van der Waals surface area contributed by atoms with Crippen molar-refractivity contribution in [3.05, 3.63) is 46.4 Å². The smallest absolute Gasteiger partial charge is 0.278 e. The van der Waals surface area contributed by atoms with E-state index >= 15 is 0 Å². The molecule has 1 amide bonds. The number of aromatic amines is 1. The van der Waals surface area contributed by atoms with Crippen LogP contribution in [0.15, 0.2) is 35.1 Å². The lowest BCUT2D eigenvalue weighted by molar-refractivity contribution is 0.0987. The van der Waals surface area contributed by atoms with Crippen molar-refractivity contribution in [3.63, 3.8) is 0 Å². The number of hydrogen-bond acceptors (Lipinski definition) is 5. The minimum absolute atomic E-state index is 0.157. The predicted octanol–water partition coefficient (Wildman–Crippen LogP) is 0.775. The molecule has 0 fully saturated rings. The van der Waals surface area contributed by atoms with Gasteiger partial charge in [0, 0.05) is 24.9 Å². The Labute approximate surface area is 113 Å². The van der Waals surface area contributed by atoms with Crippen LogP contribution in [0.4, 0.5) is 5.69 Å². The number of anilines is 1. The number of carbonyl (C=O) groups excluding carboxylic acids is 1. The fourth-order valence-corrected chi connectivity index (χ4v) is 1.85. The molecule has 0 bridgehead atoms. The quantitative estimate of drug-likeness (QED) is 0.873. The highest BCUT2D eigenvalue weighted by molar-refractivity contribution is 6.04. The van der Waals surface area contributed by atoms with Crippen LogP contribution in [0.3, 0.4) is 0 Å². The van der Waals surface area contributed by atoms with Crippen LogP contribution >= 0.6 is 0 Å². The molecular formula is C13H11N3O4. The second-order valence-electron chi connectivity index (χ2n) is 4.21. The van der Waals surface area contributed by atoms with Crippen molar-refractivity contribution in [1.82, 2.24) is 10.2 Å². The molecule has 1 aliphatic heterocycles. The first-order valence-electron chi connectivity index (χ1n) is 5.88. The molecule has 1 N–H and O–H groups in total. The molecule has 2 heterocycles. The Bertz CT molecular complexity index is 705. The fourth-order valence-electron chi connectivity index (χ4n) is 1.85. The van der Waals surface area contributed by atoms with Crippen LogP contribution in [-0.4, -0.2) is 29.9 Å². The van der Waals surface area contributed by atoms with Crippen LogP contribution in [0.5, 0.6) is 11.5 Å². The van der Waals surface area contributed by atoms with Crippen molar-refractivity contribution < 1.29 is 14.3 Å². The molecule has 3 rings (SSSR count). The summed E-state index contributed by atoms with van der Waals surface area (Å²) in [6.45, 7) is 0.178. The Kier molecular flexibility index (Phi) is 2.86. The zero-order valence-electron chi connectivity index (χ0n) is 10.6. The lowest BCUT2D eigenvalue weighted by atomic mass is 10.2. The summed E-state index contributed by atoms with van der Waals surface area (Å²) in [6.07, 6.45) is 0. The van der Waals surface area contributed by atoms with E-state index in [0.717, 1.165) is 0 Å². The van der Waals surface area contributed by atoms with Gasteiger partial charge in [0.05, 0.1) is 0 Å². The van der Waals surface area contributed by atoms with Crippen LogP contribution in [0.1, 0.15) is 10.5 Å². The van der Waals surface area contributed by atoms with Gasteiger partial charge in [-0.1, -0.05) is 0 Å². The van der Waals surface area contributed by atoms with Gasteiger partial charge in [0.1, 0.15) is 5.69 Å². The zero-order chi connectivity index (χ0) is 14.1. The average molecular weight is 273 g/mol. The third kappa shape index (κ3) is 2.09. The molecule has 1 aromatic heterocycles. The second-order valence-corrected chi connectivity index (χ2v) is 4.21. The highest BCUT2D eigenvalue weighted by Gasteiger charge is 2.19. The van der Waals surface area contributed by atoms with E-state index in [1.54, 1.807) is 25.2 Å². The van der Waals surface area contributed by atoms with Crippen LogP contribution in [0.25, 0.3) is 0 Å². The molecule has 1 aromatic carbocycles. The first-order valence-corrected chi connectivity index (χ1v) is 5.88. The number of rotatable bonds is 2. The molecular weight excluding hydrogens is 262 g/mol. The van der Waals surface area contributed by atoms with E-state index in [-0.39, 0.29) is 24.0 Å². The maximum atomic E-state index is 12.2. The standard InChI is InChI=1S/C13H11N3O4/c1-16(13(18)9-3-5-12(17)15-14-9)8-2-4-10-11(6-8)20-7-19-10/h2-6H,7H2,1H3,(H,15,17). The monoisotopic (exact) mass is 273 g/mol. The molecule has 0 radical (unpaired) electrons. The lowest BCUT2D eigenvalue weighted by Crippen LogP contribution is -2.28. The molecule has 0 spiro atoms. The summed E-state index contributed by atoms with van der Waals surface area (Å²) in [5.74, 6) is 0.911. The fraction of sp³-hybridized carbons (Fsp3) is 0.154. The summed E-state index contributed by atoms with van der Waals surface area (Å²) in [7, 11) is 1.62. The third-order valence-electron chi connectivity index (χ3n) is 2.95. The lowest BCUT2D eigenvalue weighted by Gasteiger charge is -2.16. The highest BCUT2D eigenvalue weighted by Crippen LogP contribution is 2.35. The Morgan fingerprint density at radius 3 is 2.80 bits per heavy atom. The van der Waals surface area contributed by atoms with E-state index in [0.29, 0.717) is 17.2 Å². The van der Waals surface area contributed by atoms with Gasteiger partial charge in [-0.3, -0.25) is 9.59 Å². The number of benzene rings is 1. The number of hydrogen-bond donors (Lipinski definition) is 1. The number of ether oxygens (including phenoxy) is 2. The van der Waals surface area contributed by atoms with E-state index in [1.807, 2.05) is 0 Å². The van der Waals surface area contributed by atoms with E-state index in [2.05, 4.69) is 10.2 Å². The van der Waals surface area contributed by atoms with Gasteiger partial charge in [-0.05, 0) is 18.2 Å². The van der Waals surface area contributed by atoms with Crippen molar-refractivity contribution in [2.24, 2.45) is 0 Å². The van der Waals surface area contributed by atoms with Crippen LogP contribution in [0, 0.1) is 0 Å². The first-order chi connectivity index (χ1) is 9.65. The molecule has 0 saturated heterocycles. The molecule has 7 heteroatoms. The van der Waals surface area contributed by atoms with Gasteiger partial charge in [-0.2, -0.15) is 5.10 Å². The van der Waals surface area contributed by atoms with E-state index < -0.39 is 0 Å². The zero-order valence-corrected chi connectivity index (χ0v) is 10.6. The van der Waals surface area contributed by atoms with Crippen LogP contribution in [0.2, 0.25) is 0 Å². The number of nitrogens with one attached hydrogen (secondary N) is 1. The molecule has 0 atom stereocenters. The SMILES string of the molecule is CN(C(=O)c1ccc(=O)[nH]n1)c1ccc2c(c1)OCO2. The number of carbonyl (C=O) groups is 1. The van der Waals surface area contributed by atoms with Gasteiger partial charge < -0.3 is 14.4 Å². The summed E-state index contributed by atoms with van der Waals surface area (Å²) >= 11 is 0. The first kappa shape index (κ1) is 12.2. The summed E-state index contributed by atoms with van der Waals surface area (Å²) in [5, 5.41) is 5.94. The van der Waals surface area contributed by atoms with Gasteiger partial charge in [0.2, 0.25) is 6.79 Å². The topological polar surface area (TPSA) is 84.5 Å². The molecule has 0 saturated carbocycles. The number of amides is 1. The van der Waals surface area contributed by atoms with Crippen molar-refractivity contribution in [3.8, 4) is 11.5 Å². The summed E-state index contributed by atoms with van der Waals surface area (Å²) in [4.78, 5) is 24.6. The summed E-state index contributed by atoms with van der Waals surface area (Å²) in [6, 6.07) is 7.84. The number of H-pyrrole nitrogens is 1. The van der Waals surface area contributed by atoms with Crippen LogP contribution in [-0.2, 0) is 0 Å². The summed E-state index contributed by atoms with van der Waals surface area (Å²) < 4.78 is 10.5. The Morgan fingerprint density at radius 2 is 2.05 bits per heavy atom. The van der Waals surface area contributed by atoms with Crippen molar-refractivity contribution in [2.45, 2.75) is 0 Å². The maximum absolute atomic E-state index is 12.2. The number of nitrogens with zero attached hydrogens (tertiary/aromatic N) is 2. The molecule has 0 aliphatic carbocycles. The molecule has 0 unspecified atom stereocenters. The Morgan fingerprint density at radius 1 is 1.25 bits per heavy atom. The van der Waals surface area contributed by atoms with Gasteiger partial charge in [-0.25, -0.2) is 5.10 Å². The largest absolute Gasteiger partial charge is 0.454 e. The minimum atomic E-state index is -0.354. The van der Waals surface area contributed by atoms with Gasteiger partial charge in [0.25, 0.3) is 11.5 Å². The average Bonchev–Trinajstić information content (AvgIpc) is 2.94. The molecule has 1 aliphatic rings. The molecule has 20 heavy (non-hydrogen) atoms. The number of fused-ring (bicyclic) bond motifs is 1. The number of aromatic nitrogens is 2. The molecule has 7 nitrogen and oxygen atoms in total. The maximum Gasteiger partial charge on any atom is 0.278 e. The molecule has 2 aromatic rings. The van der Waals surface area contributed by atoms with Gasteiger partial charge in [0.15, 0.2) is 11.5 Å². The van der Waals surface area contributed by atoms with E-state index in [9.17, 15) is 9.59 Å². The van der Waals surface area contributed by atoms with Crippen molar-refractivity contribution in [1.29, 1.82) is 0 Å². The van der Waals surface area contributed by atoms with E-state index in [1.165, 1.54) is 17.0 Å². The second kappa shape index (κ2) is 4.69. The predicted molar refractivity (Wildman–Crippen MR) is 70.2 cm³/mol. The third-order valence-corrected chi connectivity index (χ3v) is 2.95. The van der Waals surface area contributed by atoms with Gasteiger partial charge in [-0.15, -0.1) is 0 Å². The summed E-state index contributed by atoms with van der Waals surface area (Å²) in [5.41, 5.74) is 0.448. The normalized spacial score (nSPS) is 12.2. The Balaban J connectivity index is 1.88. The van der Waals surface area contributed by atoms with Crippen molar-refractivity contribution in [2.75, 3.05) is 18.7 Å².